The Morgan fingerprint density at radius 2 is 1.71 bits per heavy atom. The van der Waals surface area contributed by atoms with Gasteiger partial charge in [-0.3, -0.25) is 4.72 Å². The molecule has 4 nitrogen and oxygen atoms in total. The highest BCUT2D eigenvalue weighted by molar-refractivity contribution is 7.93. The second-order valence-corrected chi connectivity index (χ2v) is 7.27. The van der Waals surface area contributed by atoms with Gasteiger partial charge in [0.1, 0.15) is 4.90 Å². The lowest BCUT2D eigenvalue weighted by Crippen LogP contribution is -2.15. The molecular formula is C13H11Cl3N2O2S. The number of halogens is 3. The molecule has 0 aromatic heterocycles. The Morgan fingerprint density at radius 1 is 1.05 bits per heavy atom. The first kappa shape index (κ1) is 16.2. The van der Waals surface area contributed by atoms with Gasteiger partial charge in [0.2, 0.25) is 0 Å². The van der Waals surface area contributed by atoms with Crippen LogP contribution in [0, 0.1) is 6.92 Å². The number of nitrogen functional groups attached to an aromatic ring is 1. The van der Waals surface area contributed by atoms with E-state index in [1.54, 1.807) is 13.0 Å². The van der Waals surface area contributed by atoms with Gasteiger partial charge in [-0.05, 0) is 42.8 Å². The van der Waals surface area contributed by atoms with Gasteiger partial charge in [0.05, 0.1) is 16.4 Å². The van der Waals surface area contributed by atoms with Crippen LogP contribution < -0.4 is 10.5 Å². The molecule has 112 valence electrons. The molecule has 0 bridgehead atoms. The number of anilines is 2. The van der Waals surface area contributed by atoms with Crippen LogP contribution >= 0.6 is 34.8 Å². The van der Waals surface area contributed by atoms with Crippen molar-refractivity contribution in [3.8, 4) is 0 Å². The summed E-state index contributed by atoms with van der Waals surface area (Å²) in [5.74, 6) is 0. The van der Waals surface area contributed by atoms with Crippen molar-refractivity contribution in [1.82, 2.24) is 0 Å². The molecule has 0 unspecified atom stereocenters. The highest BCUT2D eigenvalue weighted by Gasteiger charge is 2.20. The summed E-state index contributed by atoms with van der Waals surface area (Å²) >= 11 is 17.8. The Bertz CT molecular complexity index is 807. The summed E-state index contributed by atoms with van der Waals surface area (Å²) in [5, 5.41) is 0.898. The molecule has 0 amide bonds. The van der Waals surface area contributed by atoms with Crippen molar-refractivity contribution in [3.63, 3.8) is 0 Å². The summed E-state index contributed by atoms with van der Waals surface area (Å²) in [6.45, 7) is 1.77. The first-order chi connectivity index (χ1) is 9.70. The minimum Gasteiger partial charge on any atom is -0.398 e. The molecule has 0 aliphatic heterocycles. The summed E-state index contributed by atoms with van der Waals surface area (Å²) in [6.07, 6.45) is 0. The minimum absolute atomic E-state index is 0.0845. The van der Waals surface area contributed by atoms with E-state index in [-0.39, 0.29) is 26.3 Å². The average molecular weight is 366 g/mol. The van der Waals surface area contributed by atoms with Gasteiger partial charge in [0.25, 0.3) is 10.0 Å². The fourth-order valence-electron chi connectivity index (χ4n) is 1.67. The summed E-state index contributed by atoms with van der Waals surface area (Å²) < 4.78 is 27.1. The minimum atomic E-state index is -3.92. The van der Waals surface area contributed by atoms with Gasteiger partial charge in [-0.1, -0.05) is 34.8 Å². The molecular weight excluding hydrogens is 355 g/mol. The van der Waals surface area contributed by atoms with Gasteiger partial charge in [-0.2, -0.15) is 0 Å². The van der Waals surface area contributed by atoms with Crippen LogP contribution in [0.1, 0.15) is 5.56 Å². The Kier molecular flexibility index (Phi) is 4.58. The zero-order valence-corrected chi connectivity index (χ0v) is 13.9. The van der Waals surface area contributed by atoms with Crippen LogP contribution in [0.3, 0.4) is 0 Å². The average Bonchev–Trinajstić information content (AvgIpc) is 2.38. The number of sulfonamides is 1. The quantitative estimate of drug-likeness (QED) is 0.795. The molecule has 2 aromatic carbocycles. The van der Waals surface area contributed by atoms with E-state index in [1.807, 2.05) is 0 Å². The van der Waals surface area contributed by atoms with E-state index in [0.29, 0.717) is 5.02 Å². The van der Waals surface area contributed by atoms with Crippen molar-refractivity contribution < 1.29 is 8.42 Å². The molecule has 0 radical (unpaired) electrons. The van der Waals surface area contributed by atoms with Gasteiger partial charge in [-0.15, -0.1) is 0 Å². The van der Waals surface area contributed by atoms with E-state index in [9.17, 15) is 8.42 Å². The second kappa shape index (κ2) is 5.93. The van der Waals surface area contributed by atoms with E-state index in [2.05, 4.69) is 4.72 Å². The van der Waals surface area contributed by atoms with Crippen molar-refractivity contribution in [1.29, 1.82) is 0 Å². The molecule has 2 rings (SSSR count). The van der Waals surface area contributed by atoms with E-state index in [1.165, 1.54) is 24.3 Å². The van der Waals surface area contributed by atoms with E-state index in [4.69, 9.17) is 40.5 Å². The monoisotopic (exact) mass is 364 g/mol. The van der Waals surface area contributed by atoms with Gasteiger partial charge < -0.3 is 5.73 Å². The van der Waals surface area contributed by atoms with Crippen LogP contribution in [0.25, 0.3) is 0 Å². The first-order valence-electron chi connectivity index (χ1n) is 5.74. The van der Waals surface area contributed by atoms with Crippen molar-refractivity contribution in [2.45, 2.75) is 11.8 Å². The molecule has 0 atom stereocenters. The largest absolute Gasteiger partial charge is 0.398 e. The Hall–Kier alpha value is -1.14. The molecule has 0 saturated carbocycles. The Morgan fingerprint density at radius 3 is 2.38 bits per heavy atom. The molecule has 3 N–H and O–H groups in total. The van der Waals surface area contributed by atoms with Crippen LogP contribution in [-0.2, 0) is 10.0 Å². The zero-order chi connectivity index (χ0) is 15.8. The van der Waals surface area contributed by atoms with Crippen LogP contribution in [0.2, 0.25) is 15.1 Å². The molecule has 0 fully saturated rings. The Balaban J connectivity index is 2.47. The number of hydrogen-bond acceptors (Lipinski definition) is 3. The Labute approximate surface area is 137 Å². The van der Waals surface area contributed by atoms with Crippen LogP contribution in [0.4, 0.5) is 11.4 Å². The second-order valence-electron chi connectivity index (χ2n) is 4.37. The maximum absolute atomic E-state index is 12.4. The predicted octanol–water partition coefficient (Wildman–Crippen LogP) is 4.34. The van der Waals surface area contributed by atoms with Gasteiger partial charge >= 0.3 is 0 Å². The number of rotatable bonds is 3. The summed E-state index contributed by atoms with van der Waals surface area (Å²) in [6, 6.07) is 7.20. The van der Waals surface area contributed by atoms with Crippen LogP contribution in [-0.4, -0.2) is 8.42 Å². The summed E-state index contributed by atoms with van der Waals surface area (Å²) in [5.41, 5.74) is 6.68. The molecule has 8 heteroatoms. The van der Waals surface area contributed by atoms with Gasteiger partial charge in [0.15, 0.2) is 0 Å². The van der Waals surface area contributed by atoms with Crippen molar-refractivity contribution in [3.05, 3.63) is 51.0 Å². The predicted molar refractivity (Wildman–Crippen MR) is 87.9 cm³/mol. The van der Waals surface area contributed by atoms with E-state index < -0.39 is 10.0 Å². The standard InChI is InChI=1S/C13H11Cl3N2O2S/c1-7-4-10(16)12(6-9(7)15)18-21(19,20)13-5-8(14)2-3-11(13)17/h2-6,18H,17H2,1H3. The maximum Gasteiger partial charge on any atom is 0.264 e. The number of benzene rings is 2. The number of aryl methyl sites for hydroxylation is 1. The molecule has 0 saturated heterocycles. The van der Waals surface area contributed by atoms with E-state index in [0.717, 1.165) is 5.56 Å². The lowest BCUT2D eigenvalue weighted by atomic mass is 10.2. The summed E-state index contributed by atoms with van der Waals surface area (Å²) in [7, 11) is -3.92. The number of hydrogen-bond donors (Lipinski definition) is 2. The molecule has 0 aliphatic carbocycles. The normalized spacial score (nSPS) is 11.4. The molecule has 0 heterocycles. The number of nitrogens with two attached hydrogens (primary N) is 1. The van der Waals surface area contributed by atoms with Crippen molar-refractivity contribution >= 4 is 56.2 Å². The van der Waals surface area contributed by atoms with Crippen molar-refractivity contribution in [2.75, 3.05) is 10.5 Å². The zero-order valence-electron chi connectivity index (χ0n) is 10.8. The highest BCUT2D eigenvalue weighted by Crippen LogP contribution is 2.32. The lowest BCUT2D eigenvalue weighted by Gasteiger charge is -2.13. The van der Waals surface area contributed by atoms with Gasteiger partial charge in [0, 0.05) is 10.0 Å². The maximum atomic E-state index is 12.4. The third-order valence-corrected chi connectivity index (χ3v) is 5.13. The van der Waals surface area contributed by atoms with Crippen molar-refractivity contribution in [2.24, 2.45) is 0 Å². The summed E-state index contributed by atoms with van der Waals surface area (Å²) in [4.78, 5) is -0.122. The number of nitrogens with one attached hydrogen (secondary N) is 1. The first-order valence-corrected chi connectivity index (χ1v) is 8.36. The SMILES string of the molecule is Cc1cc(Cl)c(NS(=O)(=O)c2cc(Cl)ccc2N)cc1Cl. The topological polar surface area (TPSA) is 72.2 Å². The molecule has 21 heavy (non-hydrogen) atoms. The fourth-order valence-corrected chi connectivity index (χ4v) is 3.62. The van der Waals surface area contributed by atoms with E-state index >= 15 is 0 Å². The smallest absolute Gasteiger partial charge is 0.264 e. The third-order valence-electron chi connectivity index (χ3n) is 2.76. The molecule has 0 spiro atoms. The molecule has 2 aromatic rings. The van der Waals surface area contributed by atoms with Crippen LogP contribution in [0.15, 0.2) is 35.2 Å². The fraction of sp³-hybridized carbons (Fsp3) is 0.0769. The highest BCUT2D eigenvalue weighted by atomic mass is 35.5. The third kappa shape index (κ3) is 3.55. The van der Waals surface area contributed by atoms with Gasteiger partial charge in [-0.25, -0.2) is 8.42 Å². The molecule has 0 aliphatic rings. The van der Waals surface area contributed by atoms with Crippen LogP contribution in [0.5, 0.6) is 0 Å². The lowest BCUT2D eigenvalue weighted by molar-refractivity contribution is 0.601.